The minimum atomic E-state index is 0.534. The number of unbranched alkanes of at least 4 members (excludes halogenated alkanes) is 1. The molecule has 0 unspecified atom stereocenters. The number of rotatable bonds is 7. The number of hydrogen-bond donors (Lipinski definition) is 2. The van der Waals surface area contributed by atoms with Gasteiger partial charge >= 0.3 is 0 Å². The molecule has 0 aliphatic carbocycles. The lowest BCUT2D eigenvalue weighted by atomic mass is 10.1. The van der Waals surface area contributed by atoms with Crippen molar-refractivity contribution in [2.24, 2.45) is 0 Å². The van der Waals surface area contributed by atoms with Crippen molar-refractivity contribution in [2.75, 3.05) is 10.6 Å². The minimum Gasteiger partial charge on any atom is -0.332 e. The van der Waals surface area contributed by atoms with Crippen LogP contribution in [0.25, 0.3) is 0 Å². The summed E-state index contributed by atoms with van der Waals surface area (Å²) >= 11 is 17.8. The molecule has 7 heteroatoms. The first-order valence-corrected chi connectivity index (χ1v) is 11.2. The van der Waals surface area contributed by atoms with Crippen LogP contribution in [0.5, 0.6) is 0 Å². The van der Waals surface area contributed by atoms with Crippen LogP contribution in [0.1, 0.15) is 42.3 Å². The Bertz CT molecular complexity index is 1030. The molecule has 1 heterocycles. The van der Waals surface area contributed by atoms with Crippen molar-refractivity contribution in [2.45, 2.75) is 46.6 Å². The van der Waals surface area contributed by atoms with E-state index in [4.69, 9.17) is 35.4 Å². The van der Waals surface area contributed by atoms with Crippen molar-refractivity contribution < 1.29 is 0 Å². The van der Waals surface area contributed by atoms with Gasteiger partial charge in [-0.2, -0.15) is 5.10 Å². The second kappa shape index (κ2) is 10.3. The fraction of sp³-hybridized carbons (Fsp3) is 0.304. The summed E-state index contributed by atoms with van der Waals surface area (Å²) in [6.07, 6.45) is 3.51. The number of nitrogens with zero attached hydrogens (tertiary/aromatic N) is 2. The highest BCUT2D eigenvalue weighted by atomic mass is 35.5. The smallest absolute Gasteiger partial charge is 0.175 e. The first-order valence-electron chi connectivity index (χ1n) is 10.0. The molecule has 0 saturated carbocycles. The van der Waals surface area contributed by atoms with Gasteiger partial charge in [0.2, 0.25) is 0 Å². The zero-order valence-electron chi connectivity index (χ0n) is 17.4. The van der Waals surface area contributed by atoms with E-state index < -0.39 is 0 Å². The Morgan fingerprint density at radius 3 is 2.47 bits per heavy atom. The lowest BCUT2D eigenvalue weighted by molar-refractivity contribution is 0.659. The van der Waals surface area contributed by atoms with E-state index in [0.717, 1.165) is 34.7 Å². The number of hydrogen-bond acceptors (Lipinski definition) is 2. The normalized spacial score (nSPS) is 10.8. The summed E-state index contributed by atoms with van der Waals surface area (Å²) in [5.74, 6) is 0. The van der Waals surface area contributed by atoms with Crippen LogP contribution in [0.4, 0.5) is 11.4 Å². The average Bonchev–Trinajstić information content (AvgIpc) is 2.97. The van der Waals surface area contributed by atoms with E-state index in [1.54, 1.807) is 6.07 Å². The molecule has 0 aliphatic heterocycles. The van der Waals surface area contributed by atoms with Crippen LogP contribution in [0, 0.1) is 13.8 Å². The van der Waals surface area contributed by atoms with Crippen molar-refractivity contribution in [1.29, 1.82) is 0 Å². The van der Waals surface area contributed by atoms with Crippen molar-refractivity contribution in [3.05, 3.63) is 75.0 Å². The van der Waals surface area contributed by atoms with Crippen LogP contribution in [-0.4, -0.2) is 14.9 Å². The number of thiocarbonyl (C=S) groups is 1. The Balaban J connectivity index is 1.67. The summed E-state index contributed by atoms with van der Waals surface area (Å²) in [5, 5.41) is 13.0. The zero-order chi connectivity index (χ0) is 21.7. The van der Waals surface area contributed by atoms with Gasteiger partial charge in [0.1, 0.15) is 0 Å². The van der Waals surface area contributed by atoms with Gasteiger partial charge in [0.05, 0.1) is 23.6 Å². The topological polar surface area (TPSA) is 41.9 Å². The highest BCUT2D eigenvalue weighted by Gasteiger charge is 2.14. The van der Waals surface area contributed by atoms with E-state index in [1.165, 1.54) is 18.4 Å². The molecule has 3 rings (SSSR count). The molecule has 0 fully saturated rings. The Morgan fingerprint density at radius 2 is 1.80 bits per heavy atom. The van der Waals surface area contributed by atoms with Crippen LogP contribution in [0.2, 0.25) is 10.0 Å². The number of aryl methyl sites for hydroxylation is 2. The van der Waals surface area contributed by atoms with E-state index in [9.17, 15) is 0 Å². The third-order valence-electron chi connectivity index (χ3n) is 4.99. The summed E-state index contributed by atoms with van der Waals surface area (Å²) in [7, 11) is 0. The zero-order valence-corrected chi connectivity index (χ0v) is 19.8. The van der Waals surface area contributed by atoms with Crippen molar-refractivity contribution >= 4 is 51.9 Å². The van der Waals surface area contributed by atoms with E-state index in [1.807, 2.05) is 30.7 Å². The first kappa shape index (κ1) is 22.6. The van der Waals surface area contributed by atoms with Crippen molar-refractivity contribution in [1.82, 2.24) is 9.78 Å². The summed E-state index contributed by atoms with van der Waals surface area (Å²) in [6, 6.07) is 13.9. The van der Waals surface area contributed by atoms with Gasteiger partial charge in [-0.1, -0.05) is 54.7 Å². The molecule has 30 heavy (non-hydrogen) atoms. The Kier molecular flexibility index (Phi) is 7.75. The highest BCUT2D eigenvalue weighted by molar-refractivity contribution is 7.80. The summed E-state index contributed by atoms with van der Waals surface area (Å²) < 4.78 is 1.91. The predicted molar refractivity (Wildman–Crippen MR) is 132 cm³/mol. The van der Waals surface area contributed by atoms with Crippen LogP contribution >= 0.6 is 35.4 Å². The second-order valence-corrected chi connectivity index (χ2v) is 8.57. The number of benzene rings is 2. The van der Waals surface area contributed by atoms with Gasteiger partial charge < -0.3 is 10.6 Å². The Morgan fingerprint density at radius 1 is 1.07 bits per heavy atom. The van der Waals surface area contributed by atoms with Gasteiger partial charge in [-0.3, -0.25) is 4.68 Å². The van der Waals surface area contributed by atoms with Crippen LogP contribution in [0.3, 0.4) is 0 Å². The molecule has 0 aliphatic rings. The molecular formula is C23H26Cl2N4S. The molecule has 1 aromatic heterocycles. The van der Waals surface area contributed by atoms with E-state index in [2.05, 4.69) is 46.9 Å². The number of aromatic nitrogens is 2. The van der Waals surface area contributed by atoms with Crippen LogP contribution in [0.15, 0.2) is 42.5 Å². The van der Waals surface area contributed by atoms with Gasteiger partial charge in [0.25, 0.3) is 0 Å². The second-order valence-electron chi connectivity index (χ2n) is 7.32. The first-order chi connectivity index (χ1) is 14.4. The lowest BCUT2D eigenvalue weighted by Gasteiger charge is -2.12. The maximum atomic E-state index is 6.32. The average molecular weight is 461 g/mol. The molecule has 4 nitrogen and oxygen atoms in total. The monoisotopic (exact) mass is 460 g/mol. The summed E-state index contributed by atoms with van der Waals surface area (Å²) in [4.78, 5) is 0. The standard InChI is InChI=1S/C23H26Cl2N4S/c1-4-5-6-17-7-11-20(12-8-17)26-23(30)27-22-15(2)28-29(16(22)3)14-18-9-10-19(24)13-21(18)25/h7-13H,4-6,14H2,1-3H3,(H2,26,27,30). The van der Waals surface area contributed by atoms with Crippen molar-refractivity contribution in [3.8, 4) is 0 Å². The molecule has 0 amide bonds. The molecule has 3 aromatic rings. The van der Waals surface area contributed by atoms with Gasteiger partial charge in [0.15, 0.2) is 5.11 Å². The number of nitrogens with one attached hydrogen (secondary N) is 2. The van der Waals surface area contributed by atoms with E-state index >= 15 is 0 Å². The lowest BCUT2D eigenvalue weighted by Crippen LogP contribution is -2.20. The molecule has 158 valence electrons. The molecule has 2 aromatic carbocycles. The largest absolute Gasteiger partial charge is 0.332 e. The maximum absolute atomic E-state index is 6.32. The van der Waals surface area contributed by atoms with E-state index in [0.29, 0.717) is 21.7 Å². The molecule has 0 atom stereocenters. The molecule has 0 saturated heterocycles. The fourth-order valence-corrected chi connectivity index (χ4v) is 3.94. The molecule has 0 spiro atoms. The van der Waals surface area contributed by atoms with Crippen LogP contribution < -0.4 is 10.6 Å². The van der Waals surface area contributed by atoms with Gasteiger partial charge in [-0.25, -0.2) is 0 Å². The van der Waals surface area contributed by atoms with Gasteiger partial charge in [-0.15, -0.1) is 0 Å². The number of halogens is 2. The highest BCUT2D eigenvalue weighted by Crippen LogP contribution is 2.25. The minimum absolute atomic E-state index is 0.534. The molecular weight excluding hydrogens is 435 g/mol. The SMILES string of the molecule is CCCCc1ccc(NC(=S)Nc2c(C)nn(Cc3ccc(Cl)cc3Cl)c2C)cc1. The molecule has 2 N–H and O–H groups in total. The van der Waals surface area contributed by atoms with Crippen LogP contribution in [-0.2, 0) is 13.0 Å². The quantitative estimate of drug-likeness (QED) is 0.372. The Labute approximate surface area is 193 Å². The predicted octanol–water partition coefficient (Wildman–Crippen LogP) is 7.01. The van der Waals surface area contributed by atoms with Crippen molar-refractivity contribution in [3.63, 3.8) is 0 Å². The summed E-state index contributed by atoms with van der Waals surface area (Å²) in [5.41, 5.74) is 6.02. The molecule has 0 radical (unpaired) electrons. The fourth-order valence-electron chi connectivity index (χ4n) is 3.25. The Hall–Kier alpha value is -2.08. The van der Waals surface area contributed by atoms with Gasteiger partial charge in [0, 0.05) is 15.7 Å². The summed E-state index contributed by atoms with van der Waals surface area (Å²) in [6.45, 7) is 6.73. The maximum Gasteiger partial charge on any atom is 0.175 e. The molecule has 0 bridgehead atoms. The van der Waals surface area contributed by atoms with E-state index in [-0.39, 0.29) is 0 Å². The van der Waals surface area contributed by atoms with Gasteiger partial charge in [-0.05, 0) is 74.3 Å². The number of anilines is 2. The third-order valence-corrected chi connectivity index (χ3v) is 5.78. The third kappa shape index (κ3) is 5.75.